The van der Waals surface area contributed by atoms with Crippen molar-refractivity contribution in [3.05, 3.63) is 16.6 Å². The van der Waals surface area contributed by atoms with Crippen molar-refractivity contribution in [3.8, 4) is 0 Å². The van der Waals surface area contributed by atoms with Crippen LogP contribution >= 0.6 is 34.9 Å². The summed E-state index contributed by atoms with van der Waals surface area (Å²) in [7, 11) is 1.69. The van der Waals surface area contributed by atoms with Crippen LogP contribution in [0, 0.1) is 12.3 Å². The first-order valence-corrected chi connectivity index (χ1v) is 14.6. The Morgan fingerprint density at radius 3 is 2.77 bits per heavy atom. The molecule has 2 unspecified atom stereocenters. The highest BCUT2D eigenvalue weighted by atomic mass is 32.2. The van der Waals surface area contributed by atoms with Gasteiger partial charge in [0.05, 0.1) is 5.56 Å². The standard InChI is InChI=1S/C21H28N10O5S3/c1-4-36-29-11(10-5-37-19(23)26-10)15(32)27-12-16(33)30-6-21(18(34)35,7-38-17(12)30)8-39-20-28-13(22)9(2)14(25-3)31(20)24/h5,12,17H,4,6-8,24H2,1-3H3,(H6,22,23,25,26,27,32,34,35)/p+1/t12?,17-,21?/m1/s1. The van der Waals surface area contributed by atoms with Gasteiger partial charge in [-0.05, 0) is 25.6 Å². The lowest BCUT2D eigenvalue weighted by Crippen LogP contribution is -2.74. The Bertz CT molecular complexity index is 1340. The van der Waals surface area contributed by atoms with Crippen LogP contribution in [0.25, 0.3) is 0 Å². The summed E-state index contributed by atoms with van der Waals surface area (Å²) in [6, 6.07) is -0.854. The number of amides is 2. The molecule has 2 amide bonds. The van der Waals surface area contributed by atoms with Gasteiger partial charge < -0.3 is 36.9 Å². The van der Waals surface area contributed by atoms with Crippen LogP contribution in [0.3, 0.4) is 0 Å². The zero-order chi connectivity index (χ0) is 28.5. The molecule has 0 bridgehead atoms. The number of nitrogens with one attached hydrogen (secondary N) is 2. The van der Waals surface area contributed by atoms with Crippen LogP contribution in [-0.2, 0) is 19.2 Å². The Kier molecular flexibility index (Phi) is 8.26. The van der Waals surface area contributed by atoms with Gasteiger partial charge in [-0.25, -0.2) is 4.98 Å². The summed E-state index contributed by atoms with van der Waals surface area (Å²) in [6.07, 6.45) is 0. The summed E-state index contributed by atoms with van der Waals surface area (Å²) >= 11 is 3.56. The smallest absolute Gasteiger partial charge is 0.322 e. The van der Waals surface area contributed by atoms with Gasteiger partial charge in [-0.15, -0.1) is 27.8 Å². The number of carbonyl (C=O) groups is 3. The molecule has 3 atom stereocenters. The number of aromatic nitrogens is 3. The fourth-order valence-electron chi connectivity index (χ4n) is 4.10. The number of thiazole rings is 1. The van der Waals surface area contributed by atoms with E-state index in [4.69, 9.17) is 22.1 Å². The number of nitrogens with zero attached hydrogens (tertiary/aromatic N) is 5. The number of hydrogen-bond donors (Lipinski definition) is 6. The van der Waals surface area contributed by atoms with E-state index in [-0.39, 0.29) is 47.0 Å². The number of nitrogens with two attached hydrogens (primary N) is 3. The summed E-state index contributed by atoms with van der Waals surface area (Å²) in [4.78, 5) is 53.4. The Morgan fingerprint density at radius 2 is 2.15 bits per heavy atom. The molecule has 2 aliphatic heterocycles. The molecule has 9 N–H and O–H groups in total. The molecule has 15 nitrogen and oxygen atoms in total. The number of anilines is 3. The molecule has 2 aromatic rings. The minimum absolute atomic E-state index is 0.0362. The molecule has 4 rings (SSSR count). The van der Waals surface area contributed by atoms with E-state index in [1.807, 2.05) is 0 Å². The molecule has 0 aromatic carbocycles. The Morgan fingerprint density at radius 1 is 1.41 bits per heavy atom. The van der Waals surface area contributed by atoms with E-state index in [0.29, 0.717) is 16.5 Å². The lowest BCUT2D eigenvalue weighted by Gasteiger charge is -2.53. The van der Waals surface area contributed by atoms with Gasteiger partial charge in [-0.1, -0.05) is 10.1 Å². The molecule has 210 valence electrons. The van der Waals surface area contributed by atoms with Crippen molar-refractivity contribution in [2.24, 2.45) is 10.6 Å². The van der Waals surface area contributed by atoms with E-state index in [1.54, 1.807) is 26.3 Å². The molecule has 2 saturated heterocycles. The maximum Gasteiger partial charge on any atom is 0.322 e. The molecule has 39 heavy (non-hydrogen) atoms. The lowest BCUT2D eigenvalue weighted by atomic mass is 9.89. The van der Waals surface area contributed by atoms with Crippen molar-refractivity contribution in [2.75, 3.05) is 54.3 Å². The average molecular weight is 598 g/mol. The minimum Gasteiger partial charge on any atom is -0.481 e. The minimum atomic E-state index is -1.27. The van der Waals surface area contributed by atoms with Gasteiger partial charge in [-0.3, -0.25) is 20.2 Å². The molecule has 0 aliphatic carbocycles. The van der Waals surface area contributed by atoms with E-state index in [9.17, 15) is 19.5 Å². The predicted molar refractivity (Wildman–Crippen MR) is 149 cm³/mol. The van der Waals surface area contributed by atoms with Crippen LogP contribution < -0.4 is 32.6 Å². The van der Waals surface area contributed by atoms with Crippen LogP contribution in [0.5, 0.6) is 0 Å². The molecule has 18 heteroatoms. The normalized spacial score (nSPS) is 22.6. The van der Waals surface area contributed by atoms with Gasteiger partial charge >= 0.3 is 11.1 Å². The summed E-state index contributed by atoms with van der Waals surface area (Å²) in [5.41, 5.74) is 11.2. The second kappa shape index (κ2) is 11.3. The van der Waals surface area contributed by atoms with Gasteiger partial charge in [0.15, 0.2) is 10.8 Å². The Balaban J connectivity index is 1.46. The van der Waals surface area contributed by atoms with Crippen LogP contribution in [0.15, 0.2) is 15.7 Å². The highest BCUT2D eigenvalue weighted by Crippen LogP contribution is 2.44. The molecule has 2 aromatic heterocycles. The number of carbonyl (C=O) groups excluding carboxylic acids is 2. The number of thioether (sulfide) groups is 2. The molecular weight excluding hydrogens is 568 g/mol. The molecule has 4 heterocycles. The highest BCUT2D eigenvalue weighted by Gasteiger charge is 2.57. The van der Waals surface area contributed by atoms with Crippen molar-refractivity contribution in [3.63, 3.8) is 0 Å². The number of fused-ring (bicyclic) bond motifs is 1. The third-order valence-electron chi connectivity index (χ3n) is 6.27. The van der Waals surface area contributed by atoms with Gasteiger partial charge in [0.1, 0.15) is 29.1 Å². The van der Waals surface area contributed by atoms with E-state index in [0.717, 1.165) is 23.1 Å². The quantitative estimate of drug-likeness (QED) is 0.0370. The number of carboxylic acid groups (broad SMARTS) is 1. The third kappa shape index (κ3) is 5.35. The first-order valence-electron chi connectivity index (χ1n) is 11.7. The Hall–Kier alpha value is -3.51. The van der Waals surface area contributed by atoms with Crippen molar-refractivity contribution < 1.29 is 29.0 Å². The van der Waals surface area contributed by atoms with E-state index >= 15 is 0 Å². The van der Waals surface area contributed by atoms with Gasteiger partial charge in [-0.2, -0.15) is 0 Å². The molecule has 2 aliphatic rings. The maximum absolute atomic E-state index is 13.0. The number of nitrogen functional groups attached to an aromatic ring is 3. The largest absolute Gasteiger partial charge is 0.481 e. The topological polar surface area (TPSA) is 228 Å². The number of carboxylic acids is 1. The lowest BCUT2D eigenvalue weighted by molar-refractivity contribution is -0.668. The molecular formula is C21H29N10O5S3+. The maximum atomic E-state index is 13.0. The summed E-state index contributed by atoms with van der Waals surface area (Å²) in [6.45, 7) is 3.67. The highest BCUT2D eigenvalue weighted by molar-refractivity contribution is 8.00. The zero-order valence-electron chi connectivity index (χ0n) is 21.3. The van der Waals surface area contributed by atoms with Gasteiger partial charge in [0.2, 0.25) is 11.7 Å². The molecule has 2 fully saturated rings. The van der Waals surface area contributed by atoms with Gasteiger partial charge in [0, 0.05) is 30.5 Å². The molecule has 0 radical (unpaired) electrons. The van der Waals surface area contributed by atoms with Crippen LogP contribution in [0.1, 0.15) is 18.2 Å². The van der Waals surface area contributed by atoms with E-state index in [1.165, 1.54) is 21.3 Å². The summed E-state index contributed by atoms with van der Waals surface area (Å²) < 4.78 is 1.32. The Labute approximate surface area is 235 Å². The summed E-state index contributed by atoms with van der Waals surface area (Å²) in [5.74, 6) is 5.20. The van der Waals surface area contributed by atoms with Crippen LogP contribution in [0.4, 0.5) is 16.8 Å². The fraction of sp³-hybridized carbons (Fsp3) is 0.476. The van der Waals surface area contributed by atoms with Gasteiger partial charge in [0.25, 0.3) is 11.7 Å². The molecule has 0 spiro atoms. The summed E-state index contributed by atoms with van der Waals surface area (Å²) in [5, 5.41) is 21.4. The predicted octanol–water partition coefficient (Wildman–Crippen LogP) is -0.942. The number of hydrogen-bond acceptors (Lipinski definition) is 14. The number of rotatable bonds is 10. The number of oxime groups is 1. The number of aliphatic carboxylic acids is 1. The average Bonchev–Trinajstić information content (AvgIpc) is 3.34. The second-order valence-electron chi connectivity index (χ2n) is 8.79. The van der Waals surface area contributed by atoms with Crippen molar-refractivity contribution in [1.82, 2.24) is 20.2 Å². The van der Waals surface area contributed by atoms with Crippen molar-refractivity contribution in [2.45, 2.75) is 30.4 Å². The first-order chi connectivity index (χ1) is 18.5. The second-order valence-corrected chi connectivity index (χ2v) is 11.7. The zero-order valence-corrected chi connectivity index (χ0v) is 23.8. The number of β-lactam (4-membered cyclic amide) rings is 1. The van der Waals surface area contributed by atoms with Crippen molar-refractivity contribution in [1.29, 1.82) is 0 Å². The van der Waals surface area contributed by atoms with E-state index in [2.05, 4.69) is 25.8 Å². The SMILES string of the molecule is CCON=C(C(=O)NC1C(=O)N2CC(CSc3nc(N)c(C)c(NC)[n+]3N)(C(=O)O)CS[C@H]12)c1csc(N)n1. The van der Waals surface area contributed by atoms with Crippen LogP contribution in [-0.4, -0.2) is 86.6 Å². The van der Waals surface area contributed by atoms with Crippen LogP contribution in [0.2, 0.25) is 0 Å². The first kappa shape index (κ1) is 28.5. The van der Waals surface area contributed by atoms with Crippen molar-refractivity contribution >= 4 is 75.1 Å². The molecule has 0 saturated carbocycles. The van der Waals surface area contributed by atoms with E-state index < -0.39 is 34.6 Å². The fourth-order valence-corrected chi connectivity index (χ4v) is 7.43. The monoisotopic (exact) mass is 597 g/mol. The third-order valence-corrected chi connectivity index (χ3v) is 9.77.